The van der Waals surface area contributed by atoms with E-state index in [2.05, 4.69) is 20.9 Å². The van der Waals surface area contributed by atoms with Crippen molar-refractivity contribution in [2.24, 2.45) is 0 Å². The SMILES string of the molecule is Cc1ccc(OCCOc2ccc(Br)cc2C(F)(F)F)c([N+](=O)[O-])n1. The first-order chi connectivity index (χ1) is 11.7. The van der Waals surface area contributed by atoms with Gasteiger partial charge in [0, 0.05) is 11.4 Å². The average molecular weight is 421 g/mol. The van der Waals surface area contributed by atoms with Crippen molar-refractivity contribution < 1.29 is 27.6 Å². The molecule has 2 aromatic rings. The highest BCUT2D eigenvalue weighted by atomic mass is 79.9. The minimum absolute atomic E-state index is 0.0777. The molecular weight excluding hydrogens is 409 g/mol. The summed E-state index contributed by atoms with van der Waals surface area (Å²) in [5.41, 5.74) is -0.482. The fourth-order valence-corrected chi connectivity index (χ4v) is 2.29. The van der Waals surface area contributed by atoms with E-state index in [-0.39, 0.29) is 29.2 Å². The quantitative estimate of drug-likeness (QED) is 0.389. The fraction of sp³-hybridized carbons (Fsp3) is 0.267. The third-order valence-corrected chi connectivity index (χ3v) is 3.49. The van der Waals surface area contributed by atoms with Crippen LogP contribution in [0.3, 0.4) is 0 Å². The number of pyridine rings is 1. The van der Waals surface area contributed by atoms with E-state index in [1.807, 2.05) is 0 Å². The normalized spacial score (nSPS) is 11.2. The maximum atomic E-state index is 13.0. The van der Waals surface area contributed by atoms with E-state index in [9.17, 15) is 23.3 Å². The minimum Gasteiger partial charge on any atom is -0.489 e. The molecule has 0 aliphatic heterocycles. The highest BCUT2D eigenvalue weighted by Crippen LogP contribution is 2.37. The zero-order valence-corrected chi connectivity index (χ0v) is 14.4. The topological polar surface area (TPSA) is 74.5 Å². The second-order valence-corrected chi connectivity index (χ2v) is 5.78. The molecule has 0 bridgehead atoms. The largest absolute Gasteiger partial charge is 0.489 e. The Bertz CT molecular complexity index is 784. The van der Waals surface area contributed by atoms with Gasteiger partial charge in [0.1, 0.15) is 24.7 Å². The van der Waals surface area contributed by atoms with Crippen molar-refractivity contribution in [3.05, 3.63) is 56.2 Å². The molecule has 0 spiro atoms. The third kappa shape index (κ3) is 5.05. The molecule has 0 fully saturated rings. The van der Waals surface area contributed by atoms with Crippen LogP contribution in [0, 0.1) is 17.0 Å². The van der Waals surface area contributed by atoms with Gasteiger partial charge in [-0.2, -0.15) is 13.2 Å². The van der Waals surface area contributed by atoms with E-state index in [0.717, 1.165) is 6.07 Å². The molecule has 2 rings (SSSR count). The summed E-state index contributed by atoms with van der Waals surface area (Å²) in [6.45, 7) is 1.18. The van der Waals surface area contributed by atoms with Gasteiger partial charge < -0.3 is 19.6 Å². The molecule has 0 aliphatic rings. The lowest BCUT2D eigenvalue weighted by molar-refractivity contribution is -0.390. The summed E-state index contributed by atoms with van der Waals surface area (Å²) in [6.07, 6.45) is -4.57. The van der Waals surface area contributed by atoms with Crippen molar-refractivity contribution in [3.8, 4) is 11.5 Å². The maximum Gasteiger partial charge on any atom is 0.420 e. The van der Waals surface area contributed by atoms with Crippen molar-refractivity contribution in [2.45, 2.75) is 13.1 Å². The van der Waals surface area contributed by atoms with Crippen molar-refractivity contribution in [1.29, 1.82) is 0 Å². The van der Waals surface area contributed by atoms with Gasteiger partial charge in [-0.15, -0.1) is 0 Å². The van der Waals surface area contributed by atoms with Gasteiger partial charge in [-0.3, -0.25) is 0 Å². The molecule has 25 heavy (non-hydrogen) atoms. The molecule has 0 radical (unpaired) electrons. The van der Waals surface area contributed by atoms with E-state index in [0.29, 0.717) is 5.69 Å². The maximum absolute atomic E-state index is 13.0. The molecule has 0 saturated heterocycles. The van der Waals surface area contributed by atoms with Gasteiger partial charge in [-0.25, -0.2) is 0 Å². The van der Waals surface area contributed by atoms with Crippen LogP contribution in [0.2, 0.25) is 0 Å². The van der Waals surface area contributed by atoms with Crippen molar-refractivity contribution in [1.82, 2.24) is 4.98 Å². The summed E-state index contributed by atoms with van der Waals surface area (Å²) >= 11 is 2.98. The molecule has 0 N–H and O–H groups in total. The molecule has 10 heteroatoms. The summed E-state index contributed by atoms with van der Waals surface area (Å²) in [5.74, 6) is -0.887. The fourth-order valence-electron chi connectivity index (χ4n) is 1.93. The lowest BCUT2D eigenvalue weighted by atomic mass is 10.2. The minimum atomic E-state index is -4.57. The number of aromatic nitrogens is 1. The van der Waals surface area contributed by atoms with E-state index >= 15 is 0 Å². The summed E-state index contributed by atoms with van der Waals surface area (Å²) in [5, 5.41) is 10.9. The second-order valence-electron chi connectivity index (χ2n) is 4.87. The van der Waals surface area contributed by atoms with Gasteiger partial charge in [0.25, 0.3) is 0 Å². The van der Waals surface area contributed by atoms with Crippen LogP contribution in [-0.2, 0) is 6.18 Å². The Labute approximate surface area is 148 Å². The van der Waals surface area contributed by atoms with E-state index in [1.165, 1.54) is 24.3 Å². The Morgan fingerprint density at radius 3 is 2.36 bits per heavy atom. The van der Waals surface area contributed by atoms with Gasteiger partial charge in [0.05, 0.1) is 5.56 Å². The molecule has 1 heterocycles. The first-order valence-corrected chi connectivity index (χ1v) is 7.72. The van der Waals surface area contributed by atoms with Gasteiger partial charge in [0.15, 0.2) is 0 Å². The van der Waals surface area contributed by atoms with Crippen LogP contribution in [-0.4, -0.2) is 23.1 Å². The number of hydrogen-bond acceptors (Lipinski definition) is 5. The molecule has 0 amide bonds. The van der Waals surface area contributed by atoms with E-state index in [1.54, 1.807) is 6.92 Å². The Balaban J connectivity index is 2.02. The van der Waals surface area contributed by atoms with Crippen LogP contribution in [0.25, 0.3) is 0 Å². The Kier molecular flexibility index (Phi) is 5.83. The predicted molar refractivity (Wildman–Crippen MR) is 85.8 cm³/mol. The number of nitro groups is 1. The number of nitrogens with zero attached hydrogens (tertiary/aromatic N) is 2. The van der Waals surface area contributed by atoms with Gasteiger partial charge in [-0.1, -0.05) is 15.9 Å². The van der Waals surface area contributed by atoms with Gasteiger partial charge >= 0.3 is 12.0 Å². The van der Waals surface area contributed by atoms with Crippen LogP contribution in [0.15, 0.2) is 34.8 Å². The average Bonchev–Trinajstić information content (AvgIpc) is 2.52. The summed E-state index contributed by atoms with van der Waals surface area (Å²) in [6, 6.07) is 6.41. The number of halogens is 4. The summed E-state index contributed by atoms with van der Waals surface area (Å²) in [4.78, 5) is 14.0. The zero-order chi connectivity index (χ0) is 18.6. The molecule has 1 aromatic heterocycles. The standard InChI is InChI=1S/C15H12BrF3N2O4/c1-9-2-4-13(14(20-9)21(22)23)25-7-6-24-12-5-3-10(16)8-11(12)15(17,18)19/h2-5,8H,6-7H2,1H3. The van der Waals surface area contributed by atoms with Crippen molar-refractivity contribution in [3.63, 3.8) is 0 Å². The first-order valence-electron chi connectivity index (χ1n) is 6.93. The lowest BCUT2D eigenvalue weighted by Gasteiger charge is -2.14. The number of alkyl halides is 3. The van der Waals surface area contributed by atoms with Crippen molar-refractivity contribution >= 4 is 21.7 Å². The molecule has 1 aromatic carbocycles. The highest BCUT2D eigenvalue weighted by molar-refractivity contribution is 9.10. The highest BCUT2D eigenvalue weighted by Gasteiger charge is 2.34. The zero-order valence-electron chi connectivity index (χ0n) is 12.8. The van der Waals surface area contributed by atoms with Crippen LogP contribution >= 0.6 is 15.9 Å². The molecule has 0 unspecified atom stereocenters. The van der Waals surface area contributed by atoms with E-state index < -0.39 is 22.5 Å². The van der Waals surface area contributed by atoms with Crippen LogP contribution in [0.5, 0.6) is 11.5 Å². The molecule has 134 valence electrons. The van der Waals surface area contributed by atoms with Crippen LogP contribution < -0.4 is 9.47 Å². The molecule has 0 aliphatic carbocycles. The Morgan fingerprint density at radius 2 is 1.76 bits per heavy atom. The first kappa shape index (κ1) is 19.0. The smallest absolute Gasteiger partial charge is 0.420 e. The van der Waals surface area contributed by atoms with Gasteiger partial charge in [0.2, 0.25) is 5.75 Å². The number of aryl methyl sites for hydroxylation is 1. The number of hydrogen-bond donors (Lipinski definition) is 0. The van der Waals surface area contributed by atoms with Crippen LogP contribution in [0.4, 0.5) is 19.0 Å². The Morgan fingerprint density at radius 1 is 1.16 bits per heavy atom. The van der Waals surface area contributed by atoms with E-state index in [4.69, 9.17) is 9.47 Å². The number of ether oxygens (including phenoxy) is 2. The predicted octanol–water partition coefficient (Wildman–Crippen LogP) is 4.54. The molecular formula is C15H12BrF3N2O4. The third-order valence-electron chi connectivity index (χ3n) is 3.00. The molecule has 0 saturated carbocycles. The monoisotopic (exact) mass is 420 g/mol. The second kappa shape index (κ2) is 7.68. The van der Waals surface area contributed by atoms with Gasteiger partial charge in [-0.05, 0) is 40.2 Å². The molecule has 6 nitrogen and oxygen atoms in total. The van der Waals surface area contributed by atoms with Crippen LogP contribution in [0.1, 0.15) is 11.3 Å². The number of rotatable bonds is 6. The number of benzene rings is 1. The lowest BCUT2D eigenvalue weighted by Crippen LogP contribution is -2.14. The summed E-state index contributed by atoms with van der Waals surface area (Å²) < 4.78 is 49.5. The van der Waals surface area contributed by atoms with Crippen molar-refractivity contribution in [2.75, 3.05) is 13.2 Å². The molecule has 0 atom stereocenters. The Hall–Kier alpha value is -2.36. The summed E-state index contributed by atoms with van der Waals surface area (Å²) in [7, 11) is 0.